The number of rotatable bonds is 2. The first-order valence-electron chi connectivity index (χ1n) is 4.61. The highest BCUT2D eigenvalue weighted by Gasteiger charge is 2.27. The quantitative estimate of drug-likeness (QED) is 0.586. The standard InChI is InChI=1S/C9H11N3O3/c1-5-6-3-4-10-8(6)11-9(15-2)7(5)12(13)14/h3-4H2,1-2H3,(H,10,11). The molecule has 2 rings (SSSR count). The van der Waals surface area contributed by atoms with Crippen molar-refractivity contribution in [2.75, 3.05) is 19.0 Å². The minimum atomic E-state index is -0.445. The second kappa shape index (κ2) is 3.38. The second-order valence-corrected chi connectivity index (χ2v) is 3.36. The number of fused-ring (bicyclic) bond motifs is 1. The third-order valence-electron chi connectivity index (χ3n) is 2.55. The van der Waals surface area contributed by atoms with Crippen LogP contribution >= 0.6 is 0 Å². The zero-order valence-electron chi connectivity index (χ0n) is 8.53. The lowest BCUT2D eigenvalue weighted by Gasteiger charge is -2.07. The third-order valence-corrected chi connectivity index (χ3v) is 2.55. The summed E-state index contributed by atoms with van der Waals surface area (Å²) in [6, 6.07) is 0. The minimum Gasteiger partial charge on any atom is -0.476 e. The van der Waals surface area contributed by atoms with Crippen LogP contribution in [0.3, 0.4) is 0 Å². The average molecular weight is 209 g/mol. The molecular weight excluding hydrogens is 198 g/mol. The van der Waals surface area contributed by atoms with Gasteiger partial charge in [0.15, 0.2) is 0 Å². The number of pyridine rings is 1. The molecule has 0 saturated carbocycles. The van der Waals surface area contributed by atoms with Gasteiger partial charge in [0.25, 0.3) is 5.88 Å². The fourth-order valence-electron chi connectivity index (χ4n) is 1.82. The summed E-state index contributed by atoms with van der Waals surface area (Å²) >= 11 is 0. The highest BCUT2D eigenvalue weighted by molar-refractivity contribution is 5.63. The van der Waals surface area contributed by atoms with Crippen molar-refractivity contribution >= 4 is 11.5 Å². The molecule has 0 atom stereocenters. The lowest BCUT2D eigenvalue weighted by molar-refractivity contribution is -0.386. The number of nitro groups is 1. The highest BCUT2D eigenvalue weighted by Crippen LogP contribution is 2.36. The molecule has 6 heteroatoms. The molecule has 0 aliphatic carbocycles. The molecule has 0 unspecified atom stereocenters. The lowest BCUT2D eigenvalue weighted by Crippen LogP contribution is -2.02. The summed E-state index contributed by atoms with van der Waals surface area (Å²) in [4.78, 5) is 14.5. The van der Waals surface area contributed by atoms with Crippen LogP contribution in [0.4, 0.5) is 11.5 Å². The van der Waals surface area contributed by atoms with Gasteiger partial charge in [-0.25, -0.2) is 0 Å². The van der Waals surface area contributed by atoms with Crippen LogP contribution < -0.4 is 10.1 Å². The summed E-state index contributed by atoms with van der Waals surface area (Å²) in [5.74, 6) is 0.778. The zero-order chi connectivity index (χ0) is 11.0. The average Bonchev–Trinajstić information content (AvgIpc) is 2.64. The van der Waals surface area contributed by atoms with Gasteiger partial charge in [-0.3, -0.25) is 10.1 Å². The van der Waals surface area contributed by atoms with Crippen LogP contribution in [0.1, 0.15) is 11.1 Å². The number of aromatic nitrogens is 1. The van der Waals surface area contributed by atoms with Crippen molar-refractivity contribution in [1.82, 2.24) is 4.98 Å². The first-order valence-corrected chi connectivity index (χ1v) is 4.61. The molecule has 0 fully saturated rings. The maximum Gasteiger partial charge on any atom is 0.334 e. The van der Waals surface area contributed by atoms with Crippen molar-refractivity contribution in [2.45, 2.75) is 13.3 Å². The molecule has 1 aromatic rings. The lowest BCUT2D eigenvalue weighted by atomic mass is 10.1. The van der Waals surface area contributed by atoms with E-state index in [1.807, 2.05) is 0 Å². The number of hydrogen-bond donors (Lipinski definition) is 1. The first-order chi connectivity index (χ1) is 7.15. The van der Waals surface area contributed by atoms with E-state index in [0.717, 1.165) is 18.5 Å². The Bertz CT molecular complexity index is 431. The monoisotopic (exact) mass is 209 g/mol. The van der Waals surface area contributed by atoms with E-state index >= 15 is 0 Å². The Balaban J connectivity index is 2.67. The van der Waals surface area contributed by atoms with Crippen LogP contribution in [0.2, 0.25) is 0 Å². The van der Waals surface area contributed by atoms with E-state index in [0.29, 0.717) is 11.4 Å². The normalized spacial score (nSPS) is 13.2. The predicted molar refractivity (Wildman–Crippen MR) is 54.4 cm³/mol. The Hall–Kier alpha value is -1.85. The molecule has 0 aromatic carbocycles. The number of nitrogens with zero attached hydrogens (tertiary/aromatic N) is 2. The van der Waals surface area contributed by atoms with Crippen molar-refractivity contribution in [3.8, 4) is 5.88 Å². The van der Waals surface area contributed by atoms with Gasteiger partial charge in [-0.1, -0.05) is 0 Å². The van der Waals surface area contributed by atoms with Gasteiger partial charge < -0.3 is 10.1 Å². The Kier molecular flexibility index (Phi) is 2.18. The summed E-state index contributed by atoms with van der Waals surface area (Å²) < 4.78 is 4.92. The van der Waals surface area contributed by atoms with Gasteiger partial charge in [-0.05, 0) is 13.3 Å². The Morgan fingerprint density at radius 2 is 2.33 bits per heavy atom. The highest BCUT2D eigenvalue weighted by atomic mass is 16.6. The van der Waals surface area contributed by atoms with Crippen LogP contribution in [0, 0.1) is 17.0 Å². The molecule has 1 aliphatic heterocycles. The van der Waals surface area contributed by atoms with Crippen molar-refractivity contribution in [3.05, 3.63) is 21.2 Å². The molecule has 0 bridgehead atoms. The molecule has 1 aromatic heterocycles. The van der Waals surface area contributed by atoms with Gasteiger partial charge in [0, 0.05) is 17.7 Å². The van der Waals surface area contributed by atoms with Crippen LogP contribution in [-0.2, 0) is 6.42 Å². The molecule has 1 N–H and O–H groups in total. The fraction of sp³-hybridized carbons (Fsp3) is 0.444. The molecule has 1 aliphatic rings. The van der Waals surface area contributed by atoms with E-state index in [2.05, 4.69) is 10.3 Å². The molecule has 6 nitrogen and oxygen atoms in total. The van der Waals surface area contributed by atoms with Gasteiger partial charge >= 0.3 is 5.69 Å². The number of anilines is 1. The Labute approximate surface area is 86.4 Å². The van der Waals surface area contributed by atoms with E-state index in [1.165, 1.54) is 7.11 Å². The van der Waals surface area contributed by atoms with Gasteiger partial charge in [-0.2, -0.15) is 4.98 Å². The predicted octanol–water partition coefficient (Wildman–Crippen LogP) is 1.27. The molecule has 0 radical (unpaired) electrons. The third kappa shape index (κ3) is 1.38. The zero-order valence-corrected chi connectivity index (χ0v) is 8.53. The number of nitrogens with one attached hydrogen (secondary N) is 1. The molecule has 0 spiro atoms. The van der Waals surface area contributed by atoms with Crippen molar-refractivity contribution in [3.63, 3.8) is 0 Å². The molecular formula is C9H11N3O3. The van der Waals surface area contributed by atoms with Crippen molar-refractivity contribution in [2.24, 2.45) is 0 Å². The second-order valence-electron chi connectivity index (χ2n) is 3.36. The number of hydrogen-bond acceptors (Lipinski definition) is 5. The van der Waals surface area contributed by atoms with Crippen molar-refractivity contribution < 1.29 is 9.66 Å². The largest absolute Gasteiger partial charge is 0.476 e. The van der Waals surface area contributed by atoms with Crippen molar-refractivity contribution in [1.29, 1.82) is 0 Å². The summed E-state index contributed by atoms with van der Waals surface area (Å²) in [6.07, 6.45) is 0.777. The molecule has 0 saturated heterocycles. The minimum absolute atomic E-state index is 0.0278. The van der Waals surface area contributed by atoms with E-state index in [-0.39, 0.29) is 11.6 Å². The Morgan fingerprint density at radius 1 is 1.60 bits per heavy atom. The SMILES string of the molecule is COc1nc2c(c(C)c1[N+](=O)[O-])CCN2. The summed E-state index contributed by atoms with van der Waals surface area (Å²) in [7, 11) is 1.39. The number of ether oxygens (including phenoxy) is 1. The van der Waals surface area contributed by atoms with E-state index in [9.17, 15) is 10.1 Å². The maximum absolute atomic E-state index is 10.9. The summed E-state index contributed by atoms with van der Waals surface area (Å²) in [5, 5.41) is 13.9. The van der Waals surface area contributed by atoms with Gasteiger partial charge in [-0.15, -0.1) is 0 Å². The molecule has 0 amide bonds. The van der Waals surface area contributed by atoms with Crippen LogP contribution in [0.25, 0.3) is 0 Å². The van der Waals surface area contributed by atoms with Gasteiger partial charge in [0.2, 0.25) is 0 Å². The molecule has 15 heavy (non-hydrogen) atoms. The Morgan fingerprint density at radius 3 is 2.93 bits per heavy atom. The topological polar surface area (TPSA) is 77.3 Å². The fourth-order valence-corrected chi connectivity index (χ4v) is 1.82. The van der Waals surface area contributed by atoms with Gasteiger partial charge in [0.1, 0.15) is 5.82 Å². The van der Waals surface area contributed by atoms with Crippen LogP contribution in [0.15, 0.2) is 0 Å². The van der Waals surface area contributed by atoms with E-state index < -0.39 is 4.92 Å². The van der Waals surface area contributed by atoms with E-state index in [1.54, 1.807) is 6.92 Å². The number of methoxy groups -OCH3 is 1. The summed E-state index contributed by atoms with van der Waals surface area (Å²) in [5.41, 5.74) is 1.54. The molecule has 80 valence electrons. The van der Waals surface area contributed by atoms with Crippen LogP contribution in [0.5, 0.6) is 5.88 Å². The van der Waals surface area contributed by atoms with Gasteiger partial charge in [0.05, 0.1) is 12.0 Å². The smallest absolute Gasteiger partial charge is 0.334 e. The summed E-state index contributed by atoms with van der Waals surface area (Å²) in [6.45, 7) is 2.50. The van der Waals surface area contributed by atoms with E-state index in [4.69, 9.17) is 4.74 Å². The molecule has 2 heterocycles. The maximum atomic E-state index is 10.9. The first kappa shape index (κ1) is 9.70. The van der Waals surface area contributed by atoms with Crippen LogP contribution in [-0.4, -0.2) is 23.6 Å².